The Morgan fingerprint density at radius 3 is 2.69 bits per heavy atom. The van der Waals surface area contributed by atoms with Gasteiger partial charge in [0.15, 0.2) is 6.23 Å². The monoisotopic (exact) mass is 221 g/mol. The van der Waals surface area contributed by atoms with Gasteiger partial charge >= 0.3 is 5.97 Å². The number of rotatable bonds is 3. The number of ether oxygens (including phenoxy) is 1. The molecule has 1 amide bonds. The van der Waals surface area contributed by atoms with Crippen LogP contribution >= 0.6 is 0 Å². The summed E-state index contributed by atoms with van der Waals surface area (Å²) in [5.41, 5.74) is 0.537. The van der Waals surface area contributed by atoms with Crippen molar-refractivity contribution in [2.75, 3.05) is 7.11 Å². The van der Waals surface area contributed by atoms with Crippen molar-refractivity contribution < 1.29 is 19.2 Å². The maximum atomic E-state index is 11.7. The van der Waals surface area contributed by atoms with Gasteiger partial charge in [-0.1, -0.05) is 18.2 Å². The lowest BCUT2D eigenvalue weighted by molar-refractivity contribution is -0.140. The highest BCUT2D eigenvalue weighted by Gasteiger charge is 2.43. The molecule has 0 radical (unpaired) electrons. The van der Waals surface area contributed by atoms with Crippen molar-refractivity contribution in [3.05, 3.63) is 35.9 Å². The van der Waals surface area contributed by atoms with Gasteiger partial charge in [-0.3, -0.25) is 9.59 Å². The van der Waals surface area contributed by atoms with Gasteiger partial charge in [0.2, 0.25) is 0 Å². The van der Waals surface area contributed by atoms with E-state index in [-0.39, 0.29) is 12.3 Å². The number of carbonyl (C=O) groups is 2. The first-order valence-corrected chi connectivity index (χ1v) is 4.84. The normalized spacial score (nSPS) is 18.1. The molecule has 0 aromatic heterocycles. The van der Waals surface area contributed by atoms with Gasteiger partial charge in [0.05, 0.1) is 13.5 Å². The summed E-state index contributed by atoms with van der Waals surface area (Å²) >= 11 is 0. The molecule has 5 heteroatoms. The third kappa shape index (κ3) is 2.20. The Bertz CT molecular complexity index is 404. The molecule has 1 atom stereocenters. The Hall–Kier alpha value is -1.88. The standard InChI is InChI=1S/C11H11NO4/c1-15-10(13)7-9-12(16-9)11(14)8-5-3-2-4-6-8/h2-6,9H,7H2,1H3. The quantitative estimate of drug-likeness (QED) is 0.563. The maximum Gasteiger partial charge on any atom is 0.310 e. The molecule has 1 saturated heterocycles. The van der Waals surface area contributed by atoms with E-state index in [1.165, 1.54) is 12.2 Å². The molecular formula is C11H11NO4. The first-order chi connectivity index (χ1) is 7.72. The van der Waals surface area contributed by atoms with E-state index in [0.29, 0.717) is 5.56 Å². The summed E-state index contributed by atoms with van der Waals surface area (Å²) in [5, 5.41) is 1.17. The number of nitrogens with zero attached hydrogens (tertiary/aromatic N) is 1. The zero-order valence-corrected chi connectivity index (χ0v) is 8.75. The van der Waals surface area contributed by atoms with Crippen LogP contribution in [0.25, 0.3) is 0 Å². The third-order valence-corrected chi connectivity index (χ3v) is 2.24. The molecular weight excluding hydrogens is 210 g/mol. The predicted molar refractivity (Wildman–Crippen MR) is 54.1 cm³/mol. The number of amides is 1. The van der Waals surface area contributed by atoms with E-state index in [1.54, 1.807) is 24.3 Å². The van der Waals surface area contributed by atoms with E-state index in [0.717, 1.165) is 0 Å². The van der Waals surface area contributed by atoms with E-state index in [1.807, 2.05) is 6.07 Å². The minimum absolute atomic E-state index is 0.0646. The largest absolute Gasteiger partial charge is 0.469 e. The zero-order chi connectivity index (χ0) is 11.5. The highest BCUT2D eigenvalue weighted by atomic mass is 16.8. The van der Waals surface area contributed by atoms with Crippen LogP contribution in [-0.2, 0) is 14.4 Å². The number of hydrogen-bond acceptors (Lipinski definition) is 4. The van der Waals surface area contributed by atoms with Gasteiger partial charge in [0.1, 0.15) is 0 Å². The van der Waals surface area contributed by atoms with Crippen LogP contribution in [0.4, 0.5) is 0 Å². The molecule has 1 aromatic carbocycles. The van der Waals surface area contributed by atoms with Crippen LogP contribution in [0.2, 0.25) is 0 Å². The molecule has 0 N–H and O–H groups in total. The Morgan fingerprint density at radius 2 is 2.06 bits per heavy atom. The van der Waals surface area contributed by atoms with Gasteiger partial charge in [-0.25, -0.2) is 4.84 Å². The fourth-order valence-corrected chi connectivity index (χ4v) is 1.34. The molecule has 1 heterocycles. The summed E-state index contributed by atoms with van der Waals surface area (Å²) in [4.78, 5) is 27.7. The molecule has 0 bridgehead atoms. The Morgan fingerprint density at radius 1 is 1.38 bits per heavy atom. The second kappa shape index (κ2) is 4.32. The SMILES string of the molecule is COC(=O)CC1ON1C(=O)c1ccccc1. The lowest BCUT2D eigenvalue weighted by atomic mass is 10.2. The average Bonchev–Trinajstić information content (AvgIpc) is 3.08. The number of hydroxylamine groups is 2. The summed E-state index contributed by atoms with van der Waals surface area (Å²) in [7, 11) is 1.30. The third-order valence-electron chi connectivity index (χ3n) is 2.24. The fourth-order valence-electron chi connectivity index (χ4n) is 1.34. The molecule has 1 aliphatic heterocycles. The van der Waals surface area contributed by atoms with Gasteiger partial charge in [0.25, 0.3) is 5.91 Å². The van der Waals surface area contributed by atoms with Crippen molar-refractivity contribution >= 4 is 11.9 Å². The summed E-state index contributed by atoms with van der Waals surface area (Å²) in [6.07, 6.45) is -0.421. The molecule has 1 unspecified atom stereocenters. The zero-order valence-electron chi connectivity index (χ0n) is 8.75. The highest BCUT2D eigenvalue weighted by Crippen LogP contribution is 2.26. The van der Waals surface area contributed by atoms with E-state index in [9.17, 15) is 9.59 Å². The van der Waals surface area contributed by atoms with Crippen LogP contribution in [0.1, 0.15) is 16.8 Å². The van der Waals surface area contributed by atoms with Crippen LogP contribution in [0, 0.1) is 0 Å². The van der Waals surface area contributed by atoms with E-state index in [4.69, 9.17) is 4.84 Å². The summed E-state index contributed by atoms with van der Waals surface area (Å²) in [6.45, 7) is 0. The average molecular weight is 221 g/mol. The van der Waals surface area contributed by atoms with Gasteiger partial charge < -0.3 is 4.74 Å². The number of hydrogen-bond donors (Lipinski definition) is 0. The molecule has 84 valence electrons. The Balaban J connectivity index is 1.93. The molecule has 0 aliphatic carbocycles. The molecule has 0 saturated carbocycles. The smallest absolute Gasteiger partial charge is 0.310 e. The Kier molecular flexibility index (Phi) is 2.87. The van der Waals surface area contributed by atoms with Crippen LogP contribution < -0.4 is 0 Å². The minimum Gasteiger partial charge on any atom is -0.469 e. The predicted octanol–water partition coefficient (Wildman–Crippen LogP) is 0.963. The topological polar surface area (TPSA) is 58.9 Å². The lowest BCUT2D eigenvalue weighted by Crippen LogP contribution is -2.15. The molecule has 1 aromatic rings. The second-order valence-electron chi connectivity index (χ2n) is 3.34. The van der Waals surface area contributed by atoms with E-state index in [2.05, 4.69) is 4.74 Å². The van der Waals surface area contributed by atoms with Gasteiger partial charge in [-0.05, 0) is 12.1 Å². The fraction of sp³-hybridized carbons (Fsp3) is 0.273. The summed E-state index contributed by atoms with van der Waals surface area (Å²) in [6, 6.07) is 8.75. The van der Waals surface area contributed by atoms with Crippen molar-refractivity contribution in [1.29, 1.82) is 0 Å². The van der Waals surface area contributed by atoms with Crippen LogP contribution in [0.15, 0.2) is 30.3 Å². The summed E-state index contributed by atoms with van der Waals surface area (Å²) < 4.78 is 4.48. The number of methoxy groups -OCH3 is 1. The molecule has 1 aliphatic rings. The van der Waals surface area contributed by atoms with E-state index < -0.39 is 12.2 Å². The van der Waals surface area contributed by atoms with Gasteiger partial charge in [-0.15, -0.1) is 0 Å². The van der Waals surface area contributed by atoms with Crippen molar-refractivity contribution in [1.82, 2.24) is 5.06 Å². The van der Waals surface area contributed by atoms with Crippen molar-refractivity contribution in [3.8, 4) is 0 Å². The van der Waals surface area contributed by atoms with Crippen molar-refractivity contribution in [3.63, 3.8) is 0 Å². The number of benzene rings is 1. The summed E-state index contributed by atoms with van der Waals surface area (Å²) in [5.74, 6) is -0.636. The van der Waals surface area contributed by atoms with Crippen LogP contribution in [0.5, 0.6) is 0 Å². The molecule has 0 spiro atoms. The van der Waals surface area contributed by atoms with Crippen LogP contribution in [0.3, 0.4) is 0 Å². The van der Waals surface area contributed by atoms with Crippen molar-refractivity contribution in [2.24, 2.45) is 0 Å². The van der Waals surface area contributed by atoms with Crippen molar-refractivity contribution in [2.45, 2.75) is 12.6 Å². The lowest BCUT2D eigenvalue weighted by Gasteiger charge is -1.98. The van der Waals surface area contributed by atoms with Gasteiger partial charge in [0, 0.05) is 5.56 Å². The molecule has 16 heavy (non-hydrogen) atoms. The molecule has 2 rings (SSSR count). The molecule has 1 fully saturated rings. The highest BCUT2D eigenvalue weighted by molar-refractivity contribution is 5.94. The minimum atomic E-state index is -0.486. The first-order valence-electron chi connectivity index (χ1n) is 4.84. The number of carbonyl (C=O) groups excluding carboxylic acids is 2. The number of esters is 1. The Labute approximate surface area is 92.5 Å². The second-order valence-corrected chi connectivity index (χ2v) is 3.34. The van der Waals surface area contributed by atoms with E-state index >= 15 is 0 Å². The first kappa shape index (κ1) is 10.6. The van der Waals surface area contributed by atoms with Gasteiger partial charge in [-0.2, -0.15) is 5.06 Å². The molecule has 5 nitrogen and oxygen atoms in total. The van der Waals surface area contributed by atoms with Crippen LogP contribution in [-0.4, -0.2) is 30.3 Å². The maximum absolute atomic E-state index is 11.7.